The lowest BCUT2D eigenvalue weighted by Gasteiger charge is -2.25. The number of hydrogen-bond donors (Lipinski definition) is 0. The van der Waals surface area contributed by atoms with E-state index in [0.717, 1.165) is 61.9 Å². The number of rotatable bonds is 7. The van der Waals surface area contributed by atoms with Crippen molar-refractivity contribution >= 4 is 38.9 Å². The molecule has 0 unspecified atom stereocenters. The number of aromatic nitrogens is 3. The van der Waals surface area contributed by atoms with Crippen molar-refractivity contribution < 1.29 is 0 Å². The van der Waals surface area contributed by atoms with Crippen LogP contribution in [0, 0.1) is 0 Å². The minimum Gasteiger partial charge on any atom is -0.310 e. The normalized spacial score (nSPS) is 11.2. The molecule has 2 heterocycles. The number of benzene rings is 7. The Morgan fingerprint density at radius 1 is 0.380 bits per heavy atom. The molecule has 0 saturated heterocycles. The SMILES string of the molecule is c1ccc(-c2cc(-c3ccccc3-n3c4ccccc4c4cc(N(c5ccccc5)c5ccccc5)ccc43)nc(-c3ccccc3)n2)cc1. The first-order chi connectivity index (χ1) is 24.8. The predicted octanol–water partition coefficient (Wildman–Crippen LogP) is 12.0. The van der Waals surface area contributed by atoms with Crippen molar-refractivity contribution in [3.05, 3.63) is 194 Å². The van der Waals surface area contributed by atoms with Gasteiger partial charge in [0.15, 0.2) is 5.82 Å². The van der Waals surface area contributed by atoms with Gasteiger partial charge in [-0.05, 0) is 60.7 Å². The highest BCUT2D eigenvalue weighted by molar-refractivity contribution is 6.11. The van der Waals surface area contributed by atoms with Crippen LogP contribution in [0.3, 0.4) is 0 Å². The summed E-state index contributed by atoms with van der Waals surface area (Å²) in [6.07, 6.45) is 0. The van der Waals surface area contributed by atoms with Crippen LogP contribution < -0.4 is 4.90 Å². The van der Waals surface area contributed by atoms with Crippen LogP contribution in [0.1, 0.15) is 0 Å². The molecule has 0 aliphatic heterocycles. The van der Waals surface area contributed by atoms with E-state index in [0.29, 0.717) is 5.82 Å². The highest BCUT2D eigenvalue weighted by Crippen LogP contribution is 2.41. The molecule has 0 fully saturated rings. The molecule has 0 atom stereocenters. The highest BCUT2D eigenvalue weighted by atomic mass is 15.1. The molecular formula is C46H32N4. The molecule has 9 aromatic rings. The van der Waals surface area contributed by atoms with E-state index in [9.17, 15) is 0 Å². The molecule has 0 saturated carbocycles. The molecule has 4 nitrogen and oxygen atoms in total. The van der Waals surface area contributed by atoms with Gasteiger partial charge in [-0.15, -0.1) is 0 Å². The van der Waals surface area contributed by atoms with Gasteiger partial charge in [-0.1, -0.05) is 133 Å². The first-order valence-corrected chi connectivity index (χ1v) is 16.8. The van der Waals surface area contributed by atoms with Crippen LogP contribution in [-0.4, -0.2) is 14.5 Å². The molecule has 0 amide bonds. The van der Waals surface area contributed by atoms with Gasteiger partial charge in [-0.2, -0.15) is 0 Å². The van der Waals surface area contributed by atoms with Gasteiger partial charge >= 0.3 is 0 Å². The van der Waals surface area contributed by atoms with Crippen molar-refractivity contribution in [2.75, 3.05) is 4.90 Å². The van der Waals surface area contributed by atoms with Crippen LogP contribution in [0.25, 0.3) is 61.4 Å². The lowest BCUT2D eigenvalue weighted by atomic mass is 10.0. The smallest absolute Gasteiger partial charge is 0.160 e. The number of para-hydroxylation sites is 4. The zero-order valence-electron chi connectivity index (χ0n) is 27.3. The summed E-state index contributed by atoms with van der Waals surface area (Å²) in [6, 6.07) is 67.8. The Hall–Kier alpha value is -6.78. The topological polar surface area (TPSA) is 34.0 Å². The summed E-state index contributed by atoms with van der Waals surface area (Å²) in [4.78, 5) is 12.6. The Morgan fingerprint density at radius 2 is 0.920 bits per heavy atom. The molecule has 2 aromatic heterocycles. The molecule has 0 spiro atoms. The first-order valence-electron chi connectivity index (χ1n) is 16.8. The van der Waals surface area contributed by atoms with E-state index in [2.05, 4.69) is 179 Å². The van der Waals surface area contributed by atoms with Gasteiger partial charge in [0.25, 0.3) is 0 Å². The molecule has 7 aromatic carbocycles. The summed E-state index contributed by atoms with van der Waals surface area (Å²) in [7, 11) is 0. The number of anilines is 3. The van der Waals surface area contributed by atoms with Gasteiger partial charge in [0.2, 0.25) is 0 Å². The van der Waals surface area contributed by atoms with E-state index in [1.807, 2.05) is 24.3 Å². The van der Waals surface area contributed by atoms with Crippen LogP contribution in [0.4, 0.5) is 17.1 Å². The van der Waals surface area contributed by atoms with Crippen LogP contribution in [0.2, 0.25) is 0 Å². The maximum Gasteiger partial charge on any atom is 0.160 e. The fourth-order valence-corrected chi connectivity index (χ4v) is 6.90. The summed E-state index contributed by atoms with van der Waals surface area (Å²) in [5.41, 5.74) is 11.5. The number of nitrogens with zero attached hydrogens (tertiary/aromatic N) is 4. The second-order valence-corrected chi connectivity index (χ2v) is 12.3. The average Bonchev–Trinajstić information content (AvgIpc) is 3.53. The fourth-order valence-electron chi connectivity index (χ4n) is 6.90. The van der Waals surface area contributed by atoms with Crippen molar-refractivity contribution in [2.45, 2.75) is 0 Å². The third-order valence-corrected chi connectivity index (χ3v) is 9.19. The van der Waals surface area contributed by atoms with E-state index < -0.39 is 0 Å². The lowest BCUT2D eigenvalue weighted by molar-refractivity contribution is 1.15. The van der Waals surface area contributed by atoms with Crippen LogP contribution in [0.15, 0.2) is 194 Å². The third kappa shape index (κ3) is 5.29. The minimum atomic E-state index is 0.700. The van der Waals surface area contributed by atoms with Gasteiger partial charge in [0, 0.05) is 44.5 Å². The largest absolute Gasteiger partial charge is 0.310 e. The molecule has 4 heteroatoms. The Balaban J connectivity index is 1.26. The summed E-state index contributed by atoms with van der Waals surface area (Å²) < 4.78 is 2.38. The van der Waals surface area contributed by atoms with Crippen LogP contribution in [-0.2, 0) is 0 Å². The number of hydrogen-bond acceptors (Lipinski definition) is 3. The molecule has 50 heavy (non-hydrogen) atoms. The molecule has 9 rings (SSSR count). The standard InChI is InChI=1S/C46H32N4/c1-5-17-33(18-6-1)41-32-42(48-46(47-41)34-19-7-2-8-20-34)39-26-14-16-28-44(39)50-43-27-15-13-25-38(43)40-31-37(29-30-45(40)50)49(35-21-9-3-10-22-35)36-23-11-4-12-24-36/h1-32H. The van der Waals surface area contributed by atoms with Crippen LogP contribution >= 0.6 is 0 Å². The zero-order chi connectivity index (χ0) is 33.3. The second-order valence-electron chi connectivity index (χ2n) is 12.3. The fraction of sp³-hybridized carbons (Fsp3) is 0. The van der Waals surface area contributed by atoms with Crippen molar-refractivity contribution in [3.63, 3.8) is 0 Å². The maximum absolute atomic E-state index is 5.20. The van der Waals surface area contributed by atoms with Gasteiger partial charge in [-0.3, -0.25) is 0 Å². The minimum absolute atomic E-state index is 0.700. The third-order valence-electron chi connectivity index (χ3n) is 9.19. The van der Waals surface area contributed by atoms with E-state index in [-0.39, 0.29) is 0 Å². The van der Waals surface area contributed by atoms with E-state index in [4.69, 9.17) is 9.97 Å². The van der Waals surface area contributed by atoms with Gasteiger partial charge in [-0.25, -0.2) is 9.97 Å². The molecule has 0 bridgehead atoms. The lowest BCUT2D eigenvalue weighted by Crippen LogP contribution is -2.09. The Kier molecular flexibility index (Phi) is 7.45. The maximum atomic E-state index is 5.20. The molecular weight excluding hydrogens is 609 g/mol. The van der Waals surface area contributed by atoms with Crippen LogP contribution in [0.5, 0.6) is 0 Å². The Labute approximate surface area is 291 Å². The predicted molar refractivity (Wildman–Crippen MR) is 207 cm³/mol. The van der Waals surface area contributed by atoms with E-state index in [1.165, 1.54) is 10.8 Å². The molecule has 0 aliphatic carbocycles. The quantitative estimate of drug-likeness (QED) is 0.174. The molecule has 0 radical (unpaired) electrons. The number of fused-ring (bicyclic) bond motifs is 3. The van der Waals surface area contributed by atoms with Gasteiger partial charge < -0.3 is 9.47 Å². The Morgan fingerprint density at radius 3 is 1.62 bits per heavy atom. The van der Waals surface area contributed by atoms with Crippen molar-refractivity contribution in [1.82, 2.24) is 14.5 Å². The van der Waals surface area contributed by atoms with E-state index >= 15 is 0 Å². The molecule has 0 aliphatic rings. The first kappa shape index (κ1) is 29.4. The summed E-state index contributed by atoms with van der Waals surface area (Å²) in [5, 5.41) is 2.38. The van der Waals surface area contributed by atoms with Crippen molar-refractivity contribution in [1.29, 1.82) is 0 Å². The van der Waals surface area contributed by atoms with Gasteiger partial charge in [0.05, 0.1) is 28.1 Å². The Bertz CT molecular complexity index is 2480. The zero-order valence-corrected chi connectivity index (χ0v) is 27.3. The molecule has 236 valence electrons. The summed E-state index contributed by atoms with van der Waals surface area (Å²) in [6.45, 7) is 0. The van der Waals surface area contributed by atoms with Crippen molar-refractivity contribution in [2.24, 2.45) is 0 Å². The van der Waals surface area contributed by atoms with E-state index in [1.54, 1.807) is 0 Å². The summed E-state index contributed by atoms with van der Waals surface area (Å²) in [5.74, 6) is 0.700. The second kappa shape index (κ2) is 12.7. The van der Waals surface area contributed by atoms with Gasteiger partial charge in [0.1, 0.15) is 0 Å². The molecule has 0 N–H and O–H groups in total. The summed E-state index contributed by atoms with van der Waals surface area (Å²) >= 11 is 0. The average molecular weight is 641 g/mol. The highest BCUT2D eigenvalue weighted by Gasteiger charge is 2.20. The monoisotopic (exact) mass is 640 g/mol. The van der Waals surface area contributed by atoms with Crippen molar-refractivity contribution in [3.8, 4) is 39.6 Å².